The number of ether oxygens (including phenoxy) is 1. The van der Waals surface area contributed by atoms with E-state index in [0.29, 0.717) is 18.2 Å². The first-order valence-electron chi connectivity index (χ1n) is 11.3. The number of likely N-dealkylation sites (N-methyl/N-ethyl adjacent to an activating group) is 1. The normalized spacial score (nSPS) is 16.9. The molecule has 0 N–H and O–H groups in total. The summed E-state index contributed by atoms with van der Waals surface area (Å²) in [6.45, 7) is 1.55. The van der Waals surface area contributed by atoms with Crippen molar-refractivity contribution in [2.75, 3.05) is 13.6 Å². The van der Waals surface area contributed by atoms with Gasteiger partial charge in [0.2, 0.25) is 0 Å². The van der Waals surface area contributed by atoms with E-state index in [2.05, 4.69) is 11.9 Å². The van der Waals surface area contributed by atoms with Gasteiger partial charge in [-0.3, -0.25) is 0 Å². The Morgan fingerprint density at radius 3 is 2.39 bits per heavy atom. The largest absolute Gasteiger partial charge is 0.489 e. The monoisotopic (exact) mass is 460 g/mol. The van der Waals surface area contributed by atoms with E-state index in [1.165, 1.54) is 10.4 Å². The van der Waals surface area contributed by atoms with Crippen molar-refractivity contribution in [2.24, 2.45) is 0 Å². The van der Waals surface area contributed by atoms with E-state index in [1.807, 2.05) is 54.6 Å². The van der Waals surface area contributed by atoms with Gasteiger partial charge in [-0.1, -0.05) is 48.5 Å². The van der Waals surface area contributed by atoms with Gasteiger partial charge in [0.05, 0.1) is 10.4 Å². The van der Waals surface area contributed by atoms with Crippen LogP contribution in [0.25, 0.3) is 10.9 Å². The summed E-state index contributed by atoms with van der Waals surface area (Å²) in [4.78, 5) is 2.65. The molecule has 1 aromatic heterocycles. The second-order valence-corrected chi connectivity index (χ2v) is 10.5. The third-order valence-electron chi connectivity index (χ3n) is 6.50. The molecule has 170 valence electrons. The predicted octanol–water partition coefficient (Wildman–Crippen LogP) is 5.09. The first kappa shape index (κ1) is 21.7. The van der Waals surface area contributed by atoms with Crippen molar-refractivity contribution in [3.05, 3.63) is 96.2 Å². The molecule has 5 rings (SSSR count). The molecule has 0 aliphatic carbocycles. The molecular weight excluding hydrogens is 432 g/mol. The summed E-state index contributed by atoms with van der Waals surface area (Å²) >= 11 is 0. The molecule has 1 aliphatic heterocycles. The van der Waals surface area contributed by atoms with Gasteiger partial charge in [0.15, 0.2) is 0 Å². The highest BCUT2D eigenvalue weighted by atomic mass is 32.2. The highest BCUT2D eigenvalue weighted by Gasteiger charge is 2.26. The van der Waals surface area contributed by atoms with Crippen LogP contribution in [0, 0.1) is 0 Å². The summed E-state index contributed by atoms with van der Waals surface area (Å²) in [7, 11) is -1.55. The van der Waals surface area contributed by atoms with E-state index in [-0.39, 0.29) is 4.90 Å². The zero-order chi connectivity index (χ0) is 22.8. The fourth-order valence-corrected chi connectivity index (χ4v) is 6.05. The Morgan fingerprint density at radius 2 is 1.70 bits per heavy atom. The molecule has 0 spiro atoms. The minimum atomic E-state index is -3.70. The van der Waals surface area contributed by atoms with Gasteiger partial charge in [-0.2, -0.15) is 0 Å². The number of aromatic nitrogens is 1. The van der Waals surface area contributed by atoms with Crippen LogP contribution >= 0.6 is 0 Å². The van der Waals surface area contributed by atoms with E-state index in [0.717, 1.165) is 41.6 Å². The average molecular weight is 461 g/mol. The van der Waals surface area contributed by atoms with Gasteiger partial charge >= 0.3 is 0 Å². The lowest BCUT2D eigenvalue weighted by Gasteiger charge is -2.18. The molecule has 6 heteroatoms. The van der Waals surface area contributed by atoms with Gasteiger partial charge in [0, 0.05) is 17.6 Å². The Hall–Kier alpha value is -3.09. The van der Waals surface area contributed by atoms with Crippen molar-refractivity contribution in [3.8, 4) is 5.75 Å². The minimum absolute atomic E-state index is 0.288. The van der Waals surface area contributed by atoms with Crippen molar-refractivity contribution >= 4 is 20.9 Å². The molecular formula is C27H28N2O3S. The zero-order valence-corrected chi connectivity index (χ0v) is 19.5. The number of likely N-dealkylation sites (tertiary alicyclic amines) is 1. The number of benzene rings is 3. The molecule has 4 aromatic rings. The van der Waals surface area contributed by atoms with Crippen LogP contribution in [0.3, 0.4) is 0 Å². The van der Waals surface area contributed by atoms with Crippen molar-refractivity contribution in [1.29, 1.82) is 0 Å². The van der Waals surface area contributed by atoms with Gasteiger partial charge in [-0.25, -0.2) is 12.4 Å². The first-order valence-corrected chi connectivity index (χ1v) is 12.8. The summed E-state index contributed by atoms with van der Waals surface area (Å²) in [5, 5.41) is 0.931. The molecule has 0 amide bonds. The van der Waals surface area contributed by atoms with Crippen molar-refractivity contribution in [2.45, 2.75) is 36.8 Å². The number of rotatable bonds is 7. The Labute approximate surface area is 195 Å². The average Bonchev–Trinajstić information content (AvgIpc) is 3.42. The minimum Gasteiger partial charge on any atom is -0.489 e. The zero-order valence-electron chi connectivity index (χ0n) is 18.7. The Kier molecular flexibility index (Phi) is 5.96. The molecule has 1 atom stereocenters. The highest BCUT2D eigenvalue weighted by Crippen LogP contribution is 2.32. The van der Waals surface area contributed by atoms with E-state index >= 15 is 0 Å². The summed E-state index contributed by atoms with van der Waals surface area (Å²) in [5.41, 5.74) is 2.81. The lowest BCUT2D eigenvalue weighted by atomic mass is 10.0. The van der Waals surface area contributed by atoms with E-state index < -0.39 is 10.0 Å². The summed E-state index contributed by atoms with van der Waals surface area (Å²) in [6.07, 6.45) is 4.92. The van der Waals surface area contributed by atoms with Crippen molar-refractivity contribution < 1.29 is 13.2 Å². The van der Waals surface area contributed by atoms with Crippen LogP contribution in [0.2, 0.25) is 0 Å². The van der Waals surface area contributed by atoms with Crippen LogP contribution in [0.5, 0.6) is 5.75 Å². The lowest BCUT2D eigenvalue weighted by Crippen LogP contribution is -2.26. The van der Waals surface area contributed by atoms with Crippen molar-refractivity contribution in [3.63, 3.8) is 0 Å². The number of fused-ring (bicyclic) bond motifs is 1. The number of hydrogen-bond acceptors (Lipinski definition) is 4. The van der Waals surface area contributed by atoms with Gasteiger partial charge in [-0.15, -0.1) is 0 Å². The molecule has 1 saturated heterocycles. The summed E-state index contributed by atoms with van der Waals surface area (Å²) in [5.74, 6) is 0.738. The van der Waals surface area contributed by atoms with Gasteiger partial charge < -0.3 is 9.64 Å². The predicted molar refractivity (Wildman–Crippen MR) is 131 cm³/mol. The molecule has 33 heavy (non-hydrogen) atoms. The lowest BCUT2D eigenvalue weighted by molar-refractivity contribution is 0.306. The second-order valence-electron chi connectivity index (χ2n) is 8.70. The smallest absolute Gasteiger partial charge is 0.268 e. The Bertz CT molecular complexity index is 1350. The maximum absolute atomic E-state index is 13.5. The number of hydrogen-bond donors (Lipinski definition) is 0. The molecule has 0 saturated carbocycles. The molecule has 1 fully saturated rings. The molecule has 0 bridgehead atoms. The van der Waals surface area contributed by atoms with Crippen LogP contribution in [0.1, 0.15) is 24.0 Å². The van der Waals surface area contributed by atoms with Crippen LogP contribution < -0.4 is 4.74 Å². The standard InChI is InChI=1S/C27H28N2O3S/c1-28-16-8-11-23(28)17-22-19-29(33(30,31)25-12-6-3-7-13-25)27-15-14-24(18-26(22)27)32-20-21-9-4-2-5-10-21/h2-7,9-10,12-15,18-19,23H,8,11,16-17,20H2,1H3/t23-/m1/s1. The van der Waals surface area contributed by atoms with E-state index in [9.17, 15) is 8.42 Å². The first-order chi connectivity index (χ1) is 16.0. The van der Waals surface area contributed by atoms with E-state index in [1.54, 1.807) is 30.5 Å². The number of nitrogens with zero attached hydrogens (tertiary/aromatic N) is 2. The van der Waals surface area contributed by atoms with Crippen molar-refractivity contribution in [1.82, 2.24) is 8.87 Å². The highest BCUT2D eigenvalue weighted by molar-refractivity contribution is 7.90. The fraction of sp³-hybridized carbons (Fsp3) is 0.259. The van der Waals surface area contributed by atoms with Crippen LogP contribution in [-0.2, 0) is 23.1 Å². The third-order valence-corrected chi connectivity index (χ3v) is 8.19. The Morgan fingerprint density at radius 1 is 0.970 bits per heavy atom. The fourth-order valence-electron chi connectivity index (χ4n) is 4.63. The summed E-state index contributed by atoms with van der Waals surface area (Å²) < 4.78 is 34.4. The maximum atomic E-state index is 13.5. The topological polar surface area (TPSA) is 51.5 Å². The SMILES string of the molecule is CN1CCC[C@@H]1Cc1cn(S(=O)(=O)c2ccccc2)c2ccc(OCc3ccccc3)cc12. The molecule has 3 aromatic carbocycles. The van der Waals surface area contributed by atoms with Gasteiger partial charge in [0.25, 0.3) is 10.0 Å². The molecule has 0 unspecified atom stereocenters. The summed E-state index contributed by atoms with van der Waals surface area (Å²) in [6, 6.07) is 24.8. The second kappa shape index (κ2) is 9.04. The molecule has 0 radical (unpaired) electrons. The Balaban J connectivity index is 1.55. The van der Waals surface area contributed by atoms with E-state index in [4.69, 9.17) is 4.74 Å². The van der Waals surface area contributed by atoms with Gasteiger partial charge in [0.1, 0.15) is 12.4 Å². The van der Waals surface area contributed by atoms with Crippen LogP contribution in [-0.4, -0.2) is 36.9 Å². The quantitative estimate of drug-likeness (QED) is 0.385. The molecule has 1 aliphatic rings. The third kappa shape index (κ3) is 4.41. The van der Waals surface area contributed by atoms with Crippen LogP contribution in [0.15, 0.2) is 90.0 Å². The molecule has 5 nitrogen and oxygen atoms in total. The molecule has 2 heterocycles. The van der Waals surface area contributed by atoms with Gasteiger partial charge in [-0.05, 0) is 74.3 Å². The van der Waals surface area contributed by atoms with Crippen LogP contribution in [0.4, 0.5) is 0 Å². The maximum Gasteiger partial charge on any atom is 0.268 e.